The van der Waals surface area contributed by atoms with E-state index in [-0.39, 0.29) is 29.3 Å². The Morgan fingerprint density at radius 2 is 2.28 bits per heavy atom. The van der Waals surface area contributed by atoms with Crippen LogP contribution < -0.4 is 11.1 Å². The third-order valence-electron chi connectivity index (χ3n) is 2.00. The molecule has 94 valence electrons. The minimum Gasteiger partial charge on any atom is -0.397 e. The quantitative estimate of drug-likeness (QED) is 0.624. The Balaban J connectivity index is 2.99. The SMILES string of the molecule is CSc1nc(NC(=O)CC(C)=O)cc(N)c1C#N. The first-order valence-corrected chi connectivity index (χ1v) is 6.24. The molecular formula is C11H12N4O2S. The van der Waals surface area contributed by atoms with Crippen LogP contribution in [0.2, 0.25) is 0 Å². The van der Waals surface area contributed by atoms with Crippen LogP contribution in [0.3, 0.4) is 0 Å². The highest BCUT2D eigenvalue weighted by Crippen LogP contribution is 2.25. The van der Waals surface area contributed by atoms with Crippen molar-refractivity contribution in [3.05, 3.63) is 11.6 Å². The van der Waals surface area contributed by atoms with Gasteiger partial charge in [-0.1, -0.05) is 0 Å². The number of nitrogens with two attached hydrogens (primary N) is 1. The van der Waals surface area contributed by atoms with Gasteiger partial charge < -0.3 is 11.1 Å². The maximum atomic E-state index is 11.4. The summed E-state index contributed by atoms with van der Waals surface area (Å²) in [5.41, 5.74) is 6.22. The fourth-order valence-corrected chi connectivity index (χ4v) is 1.84. The van der Waals surface area contributed by atoms with Gasteiger partial charge in [0.2, 0.25) is 5.91 Å². The van der Waals surface area contributed by atoms with Crippen molar-refractivity contribution in [2.24, 2.45) is 0 Å². The lowest BCUT2D eigenvalue weighted by Gasteiger charge is -2.08. The summed E-state index contributed by atoms with van der Waals surface area (Å²) in [6, 6.07) is 3.35. The Kier molecular flexibility index (Phi) is 4.68. The van der Waals surface area contributed by atoms with Gasteiger partial charge in [-0.05, 0) is 13.2 Å². The number of aromatic nitrogens is 1. The van der Waals surface area contributed by atoms with Crippen molar-refractivity contribution >= 4 is 35.0 Å². The number of Topliss-reactive ketones (excluding diaryl/α,β-unsaturated/α-hetero) is 1. The Hall–Kier alpha value is -2.07. The lowest BCUT2D eigenvalue weighted by molar-refractivity contribution is -0.124. The molecule has 1 amide bonds. The molecule has 0 aliphatic rings. The number of anilines is 2. The topological polar surface area (TPSA) is 109 Å². The molecule has 0 radical (unpaired) electrons. The van der Waals surface area contributed by atoms with Crippen LogP contribution in [0.15, 0.2) is 11.1 Å². The molecule has 7 heteroatoms. The summed E-state index contributed by atoms with van der Waals surface area (Å²) in [5, 5.41) is 11.8. The molecule has 1 heterocycles. The number of hydrogen-bond acceptors (Lipinski definition) is 6. The van der Waals surface area contributed by atoms with Crippen molar-refractivity contribution in [3.63, 3.8) is 0 Å². The molecule has 0 spiro atoms. The first kappa shape index (κ1) is 14.0. The van der Waals surface area contributed by atoms with Crippen LogP contribution in [-0.2, 0) is 9.59 Å². The van der Waals surface area contributed by atoms with E-state index >= 15 is 0 Å². The molecule has 3 N–H and O–H groups in total. The zero-order valence-electron chi connectivity index (χ0n) is 9.98. The van der Waals surface area contributed by atoms with Crippen LogP contribution in [0.4, 0.5) is 11.5 Å². The number of nitriles is 1. The zero-order chi connectivity index (χ0) is 13.7. The second kappa shape index (κ2) is 6.02. The van der Waals surface area contributed by atoms with Crippen molar-refractivity contribution in [2.75, 3.05) is 17.3 Å². The summed E-state index contributed by atoms with van der Waals surface area (Å²) < 4.78 is 0. The average molecular weight is 264 g/mol. The van der Waals surface area contributed by atoms with E-state index < -0.39 is 5.91 Å². The molecule has 18 heavy (non-hydrogen) atoms. The van der Waals surface area contributed by atoms with Crippen molar-refractivity contribution in [3.8, 4) is 6.07 Å². The van der Waals surface area contributed by atoms with Gasteiger partial charge in [-0.3, -0.25) is 9.59 Å². The maximum absolute atomic E-state index is 11.4. The van der Waals surface area contributed by atoms with Gasteiger partial charge in [0.05, 0.1) is 12.1 Å². The number of nitrogens with zero attached hydrogens (tertiary/aromatic N) is 2. The second-order valence-electron chi connectivity index (χ2n) is 3.52. The van der Waals surface area contributed by atoms with E-state index in [0.717, 1.165) is 0 Å². The fourth-order valence-electron chi connectivity index (χ4n) is 1.28. The van der Waals surface area contributed by atoms with Gasteiger partial charge >= 0.3 is 0 Å². The van der Waals surface area contributed by atoms with Gasteiger partial charge in [0.1, 0.15) is 28.3 Å². The minimum atomic E-state index is -0.453. The molecule has 6 nitrogen and oxygen atoms in total. The largest absolute Gasteiger partial charge is 0.397 e. The van der Waals surface area contributed by atoms with Crippen molar-refractivity contribution in [1.29, 1.82) is 5.26 Å². The Labute approximate surface area is 109 Å². The molecule has 0 saturated carbocycles. The number of amides is 1. The van der Waals surface area contributed by atoms with Gasteiger partial charge in [0.25, 0.3) is 0 Å². The van der Waals surface area contributed by atoms with Crippen LogP contribution in [0.5, 0.6) is 0 Å². The molecule has 0 aliphatic carbocycles. The smallest absolute Gasteiger partial charge is 0.232 e. The maximum Gasteiger partial charge on any atom is 0.232 e. The molecule has 1 aromatic heterocycles. The van der Waals surface area contributed by atoms with Crippen molar-refractivity contribution in [2.45, 2.75) is 18.4 Å². The van der Waals surface area contributed by atoms with E-state index in [9.17, 15) is 9.59 Å². The summed E-state index contributed by atoms with van der Waals surface area (Å²) in [6.45, 7) is 1.33. The normalized spacial score (nSPS) is 9.61. The number of carbonyl (C=O) groups excluding carboxylic acids is 2. The Morgan fingerprint density at radius 1 is 1.61 bits per heavy atom. The van der Waals surface area contributed by atoms with Crippen LogP contribution in [0.25, 0.3) is 0 Å². The van der Waals surface area contributed by atoms with Crippen LogP contribution in [0.1, 0.15) is 18.9 Å². The van der Waals surface area contributed by atoms with Gasteiger partial charge in [-0.2, -0.15) is 5.26 Å². The number of pyridine rings is 1. The number of thioether (sulfide) groups is 1. The summed E-state index contributed by atoms with van der Waals surface area (Å²) >= 11 is 1.26. The van der Waals surface area contributed by atoms with Gasteiger partial charge in [-0.15, -0.1) is 11.8 Å². The van der Waals surface area contributed by atoms with Crippen molar-refractivity contribution in [1.82, 2.24) is 4.98 Å². The van der Waals surface area contributed by atoms with Crippen LogP contribution in [0, 0.1) is 11.3 Å². The van der Waals surface area contributed by atoms with E-state index in [0.29, 0.717) is 5.03 Å². The van der Waals surface area contributed by atoms with E-state index in [1.165, 1.54) is 24.8 Å². The summed E-state index contributed by atoms with van der Waals surface area (Å²) in [7, 11) is 0. The molecule has 0 saturated heterocycles. The molecular weight excluding hydrogens is 252 g/mol. The minimum absolute atomic E-state index is 0.212. The Bertz CT molecular complexity index is 537. The molecule has 1 aromatic rings. The second-order valence-corrected chi connectivity index (χ2v) is 4.31. The summed E-state index contributed by atoms with van der Waals surface area (Å²) in [5.74, 6) is -0.451. The molecule has 0 bridgehead atoms. The van der Waals surface area contributed by atoms with Gasteiger partial charge in [0, 0.05) is 6.07 Å². The molecule has 0 unspecified atom stereocenters. The predicted octanol–water partition coefficient (Wildman–Crippen LogP) is 1.17. The monoisotopic (exact) mass is 264 g/mol. The molecule has 0 aromatic carbocycles. The highest BCUT2D eigenvalue weighted by Gasteiger charge is 2.12. The third-order valence-corrected chi connectivity index (χ3v) is 2.68. The fraction of sp³-hybridized carbons (Fsp3) is 0.273. The van der Waals surface area contributed by atoms with Crippen LogP contribution in [-0.4, -0.2) is 22.9 Å². The number of carbonyl (C=O) groups is 2. The van der Waals surface area contributed by atoms with Gasteiger partial charge in [-0.25, -0.2) is 4.98 Å². The number of hydrogen-bond donors (Lipinski definition) is 2. The van der Waals surface area contributed by atoms with E-state index in [2.05, 4.69) is 10.3 Å². The lowest BCUT2D eigenvalue weighted by atomic mass is 10.2. The van der Waals surface area contributed by atoms with E-state index in [1.807, 2.05) is 6.07 Å². The van der Waals surface area contributed by atoms with E-state index in [1.54, 1.807) is 6.26 Å². The average Bonchev–Trinajstić information content (AvgIpc) is 2.26. The van der Waals surface area contributed by atoms with Gasteiger partial charge in [0.15, 0.2) is 0 Å². The number of ketones is 1. The molecule has 0 fully saturated rings. The zero-order valence-corrected chi connectivity index (χ0v) is 10.8. The summed E-state index contributed by atoms with van der Waals surface area (Å²) in [6.07, 6.45) is 1.54. The molecule has 0 aliphatic heterocycles. The third kappa shape index (κ3) is 3.46. The Morgan fingerprint density at radius 3 is 2.78 bits per heavy atom. The van der Waals surface area contributed by atoms with Crippen LogP contribution >= 0.6 is 11.8 Å². The molecule has 1 rings (SSSR count). The summed E-state index contributed by atoms with van der Waals surface area (Å²) in [4.78, 5) is 26.3. The molecule has 0 atom stereocenters. The number of rotatable bonds is 4. The van der Waals surface area contributed by atoms with Crippen molar-refractivity contribution < 1.29 is 9.59 Å². The highest BCUT2D eigenvalue weighted by molar-refractivity contribution is 7.98. The van der Waals surface area contributed by atoms with E-state index in [4.69, 9.17) is 11.0 Å². The predicted molar refractivity (Wildman–Crippen MR) is 69.1 cm³/mol. The first-order chi connectivity index (χ1) is 8.47. The lowest BCUT2D eigenvalue weighted by Crippen LogP contribution is -2.16. The standard InChI is InChI=1S/C11H12N4O2S/c1-6(16)3-10(17)14-9-4-8(13)7(5-12)11(15-9)18-2/h4H,3H2,1-2H3,(H3,13,14,15,17). The number of nitrogen functional groups attached to an aromatic ring is 1. The highest BCUT2D eigenvalue weighted by atomic mass is 32.2. The number of nitrogens with one attached hydrogen (secondary N) is 1. The first-order valence-electron chi connectivity index (χ1n) is 5.01.